The molecule has 2 rings (SSSR count). The van der Waals surface area contributed by atoms with Crippen molar-refractivity contribution in [2.45, 2.75) is 13.5 Å². The Balaban J connectivity index is 2.21. The summed E-state index contributed by atoms with van der Waals surface area (Å²) in [5, 5.41) is 8.96. The predicted octanol–water partition coefficient (Wildman–Crippen LogP) is 3.17. The molecule has 4 heteroatoms. The van der Waals surface area contributed by atoms with Crippen LogP contribution in [0.15, 0.2) is 36.4 Å². The molecule has 0 atom stereocenters. The third-order valence-electron chi connectivity index (χ3n) is 2.78. The van der Waals surface area contributed by atoms with Crippen molar-refractivity contribution in [3.05, 3.63) is 58.9 Å². The Morgan fingerprint density at radius 1 is 1.26 bits per heavy atom. The summed E-state index contributed by atoms with van der Waals surface area (Å²) in [6.07, 6.45) is 0. The van der Waals surface area contributed by atoms with Crippen LogP contribution in [0.3, 0.4) is 0 Å². The van der Waals surface area contributed by atoms with Crippen molar-refractivity contribution < 1.29 is 9.13 Å². The summed E-state index contributed by atoms with van der Waals surface area (Å²) in [5.74, 6) is 0.245. The van der Waals surface area contributed by atoms with E-state index in [1.54, 1.807) is 12.1 Å². The quantitative estimate of drug-likeness (QED) is 0.858. The molecule has 96 valence electrons. The summed E-state index contributed by atoms with van der Waals surface area (Å²) in [4.78, 5) is 0. The number of nitrogen functional groups attached to an aromatic ring is 1. The van der Waals surface area contributed by atoms with E-state index in [4.69, 9.17) is 15.7 Å². The van der Waals surface area contributed by atoms with Crippen LogP contribution in [0.5, 0.6) is 5.75 Å². The normalized spacial score (nSPS) is 9.95. The number of nitrogens with two attached hydrogens (primary N) is 1. The number of nitrogens with zero attached hydrogens (tertiary/aromatic N) is 1. The van der Waals surface area contributed by atoms with Gasteiger partial charge in [-0.1, -0.05) is 6.07 Å². The average molecular weight is 256 g/mol. The van der Waals surface area contributed by atoms with Gasteiger partial charge in [-0.05, 0) is 36.8 Å². The van der Waals surface area contributed by atoms with E-state index in [0.717, 1.165) is 5.56 Å². The first-order valence-corrected chi connectivity index (χ1v) is 5.77. The Bertz CT molecular complexity index is 647. The smallest absolute Gasteiger partial charge is 0.124 e. The van der Waals surface area contributed by atoms with Gasteiger partial charge in [0.2, 0.25) is 0 Å². The minimum atomic E-state index is -0.387. The molecule has 0 saturated carbocycles. The fourth-order valence-corrected chi connectivity index (χ4v) is 1.72. The lowest BCUT2D eigenvalue weighted by atomic mass is 10.1. The molecule has 0 aliphatic rings. The molecule has 0 aliphatic carbocycles. The number of anilines is 1. The van der Waals surface area contributed by atoms with Gasteiger partial charge < -0.3 is 10.5 Å². The van der Waals surface area contributed by atoms with Crippen LogP contribution in [0.2, 0.25) is 0 Å². The van der Waals surface area contributed by atoms with E-state index in [1.165, 1.54) is 18.2 Å². The number of benzene rings is 2. The summed E-state index contributed by atoms with van der Waals surface area (Å²) in [6.45, 7) is 2.02. The van der Waals surface area contributed by atoms with E-state index in [-0.39, 0.29) is 12.4 Å². The second kappa shape index (κ2) is 5.40. The minimum absolute atomic E-state index is 0.130. The number of ether oxygens (including phenoxy) is 1. The first-order chi connectivity index (χ1) is 9.10. The largest absolute Gasteiger partial charge is 0.489 e. The van der Waals surface area contributed by atoms with Crippen LogP contribution in [0.4, 0.5) is 10.1 Å². The molecule has 0 spiro atoms. The van der Waals surface area contributed by atoms with Crippen molar-refractivity contribution in [3.8, 4) is 11.8 Å². The van der Waals surface area contributed by atoms with Crippen LogP contribution in [0.25, 0.3) is 0 Å². The molecule has 0 aliphatic heterocycles. The van der Waals surface area contributed by atoms with Crippen molar-refractivity contribution in [1.29, 1.82) is 5.26 Å². The number of nitriles is 1. The second-order valence-electron chi connectivity index (χ2n) is 4.23. The van der Waals surface area contributed by atoms with Gasteiger partial charge in [-0.3, -0.25) is 0 Å². The molecule has 0 heterocycles. The Kier molecular flexibility index (Phi) is 3.67. The summed E-state index contributed by atoms with van der Waals surface area (Å²) in [7, 11) is 0. The lowest BCUT2D eigenvalue weighted by molar-refractivity contribution is 0.303. The standard InChI is InChI=1S/C15H13FN2O/c1-10-2-5-14(18)7-15(10)19-9-12-6-13(16)4-3-11(12)8-17/h2-7H,9,18H2,1H3. The summed E-state index contributed by atoms with van der Waals surface area (Å²) in [5.41, 5.74) is 8.14. The van der Waals surface area contributed by atoms with Gasteiger partial charge >= 0.3 is 0 Å². The molecule has 0 fully saturated rings. The highest BCUT2D eigenvalue weighted by Crippen LogP contribution is 2.22. The Morgan fingerprint density at radius 2 is 2.05 bits per heavy atom. The monoisotopic (exact) mass is 256 g/mol. The van der Waals surface area contributed by atoms with Crippen LogP contribution in [-0.2, 0) is 6.61 Å². The number of halogens is 1. The van der Waals surface area contributed by atoms with Crippen molar-refractivity contribution >= 4 is 5.69 Å². The number of hydrogen-bond acceptors (Lipinski definition) is 3. The van der Waals surface area contributed by atoms with Gasteiger partial charge in [0.25, 0.3) is 0 Å². The molecule has 2 aromatic rings. The van der Waals surface area contributed by atoms with Gasteiger partial charge in [0.05, 0.1) is 11.6 Å². The maximum absolute atomic E-state index is 13.2. The highest BCUT2D eigenvalue weighted by molar-refractivity contribution is 5.48. The van der Waals surface area contributed by atoms with Crippen molar-refractivity contribution in [2.75, 3.05) is 5.73 Å². The van der Waals surface area contributed by atoms with Gasteiger partial charge in [0, 0.05) is 17.3 Å². The summed E-state index contributed by atoms with van der Waals surface area (Å²) >= 11 is 0. The van der Waals surface area contributed by atoms with E-state index in [2.05, 4.69) is 0 Å². The van der Waals surface area contributed by atoms with Crippen LogP contribution in [0, 0.1) is 24.1 Å². The van der Waals surface area contributed by atoms with Crippen LogP contribution < -0.4 is 10.5 Å². The van der Waals surface area contributed by atoms with Crippen LogP contribution in [-0.4, -0.2) is 0 Å². The van der Waals surface area contributed by atoms with Crippen molar-refractivity contribution in [3.63, 3.8) is 0 Å². The molecule has 3 nitrogen and oxygen atoms in total. The van der Waals surface area contributed by atoms with Gasteiger partial charge in [-0.25, -0.2) is 4.39 Å². The lowest BCUT2D eigenvalue weighted by Crippen LogP contribution is -2.01. The Labute approximate surface area is 111 Å². The zero-order valence-electron chi connectivity index (χ0n) is 10.5. The molecular weight excluding hydrogens is 243 g/mol. The number of aryl methyl sites for hydroxylation is 1. The fraction of sp³-hybridized carbons (Fsp3) is 0.133. The number of hydrogen-bond donors (Lipinski definition) is 1. The molecule has 2 aromatic carbocycles. The molecule has 2 N–H and O–H groups in total. The topological polar surface area (TPSA) is 59.0 Å². The highest BCUT2D eigenvalue weighted by atomic mass is 19.1. The molecule has 0 aromatic heterocycles. The zero-order chi connectivity index (χ0) is 13.8. The van der Waals surface area contributed by atoms with Crippen LogP contribution >= 0.6 is 0 Å². The number of rotatable bonds is 3. The van der Waals surface area contributed by atoms with Gasteiger partial charge in [-0.15, -0.1) is 0 Å². The lowest BCUT2D eigenvalue weighted by Gasteiger charge is -2.11. The first-order valence-electron chi connectivity index (χ1n) is 5.77. The first kappa shape index (κ1) is 12.9. The third kappa shape index (κ3) is 3.02. The van der Waals surface area contributed by atoms with E-state index in [1.807, 2.05) is 19.1 Å². The van der Waals surface area contributed by atoms with Crippen molar-refractivity contribution in [2.24, 2.45) is 0 Å². The van der Waals surface area contributed by atoms with Gasteiger partial charge in [-0.2, -0.15) is 5.26 Å². The van der Waals surface area contributed by atoms with E-state index < -0.39 is 0 Å². The molecule has 0 saturated heterocycles. The molecule has 0 radical (unpaired) electrons. The van der Waals surface area contributed by atoms with Gasteiger partial charge in [0.1, 0.15) is 18.2 Å². The molecule has 0 unspecified atom stereocenters. The molecular formula is C15H13FN2O. The Morgan fingerprint density at radius 3 is 2.79 bits per heavy atom. The molecule has 19 heavy (non-hydrogen) atoms. The van der Waals surface area contributed by atoms with E-state index in [0.29, 0.717) is 22.6 Å². The van der Waals surface area contributed by atoms with E-state index in [9.17, 15) is 4.39 Å². The SMILES string of the molecule is Cc1ccc(N)cc1OCc1cc(F)ccc1C#N. The Hall–Kier alpha value is -2.54. The zero-order valence-corrected chi connectivity index (χ0v) is 10.5. The van der Waals surface area contributed by atoms with Crippen LogP contribution in [0.1, 0.15) is 16.7 Å². The van der Waals surface area contributed by atoms with E-state index >= 15 is 0 Å². The van der Waals surface area contributed by atoms with Crippen molar-refractivity contribution in [1.82, 2.24) is 0 Å². The fourth-order valence-electron chi connectivity index (χ4n) is 1.72. The molecule has 0 bridgehead atoms. The highest BCUT2D eigenvalue weighted by Gasteiger charge is 2.06. The average Bonchev–Trinajstić information content (AvgIpc) is 2.40. The van der Waals surface area contributed by atoms with Gasteiger partial charge in [0.15, 0.2) is 0 Å². The maximum Gasteiger partial charge on any atom is 0.124 e. The minimum Gasteiger partial charge on any atom is -0.489 e. The third-order valence-corrected chi connectivity index (χ3v) is 2.78. The second-order valence-corrected chi connectivity index (χ2v) is 4.23. The summed E-state index contributed by atoms with van der Waals surface area (Å²) < 4.78 is 18.8. The maximum atomic E-state index is 13.2. The molecule has 0 amide bonds. The predicted molar refractivity (Wildman–Crippen MR) is 71.0 cm³/mol. The summed E-state index contributed by atoms with van der Waals surface area (Å²) in [6, 6.07) is 11.4.